The number of pyridine rings is 1. The highest BCUT2D eigenvalue weighted by Gasteiger charge is 2.47. The molecule has 0 saturated carbocycles. The minimum atomic E-state index is -1.12. The molecule has 0 spiro atoms. The Bertz CT molecular complexity index is 891. The second kappa shape index (κ2) is 6.69. The molecule has 8 heteroatoms. The van der Waals surface area contributed by atoms with Gasteiger partial charge in [0.05, 0.1) is 0 Å². The Hall–Kier alpha value is -2.45. The van der Waals surface area contributed by atoms with E-state index in [0.717, 1.165) is 23.4 Å². The summed E-state index contributed by atoms with van der Waals surface area (Å²) in [6.45, 7) is 1.42. The average Bonchev–Trinajstić information content (AvgIpc) is 3.06. The molecular formula is C18H17FN4O2S. The number of aromatic nitrogens is 1. The van der Waals surface area contributed by atoms with Crippen LogP contribution in [-0.2, 0) is 5.54 Å². The van der Waals surface area contributed by atoms with Crippen LogP contribution in [0.3, 0.4) is 0 Å². The molecule has 1 aromatic heterocycles. The Balaban J connectivity index is 1.79. The Morgan fingerprint density at radius 2 is 2.27 bits per heavy atom. The quantitative estimate of drug-likeness (QED) is 0.706. The van der Waals surface area contributed by atoms with E-state index in [1.807, 2.05) is 24.3 Å². The zero-order valence-electron chi connectivity index (χ0n) is 13.8. The lowest BCUT2D eigenvalue weighted by atomic mass is 9.81. The predicted molar refractivity (Wildman–Crippen MR) is 98.7 cm³/mol. The van der Waals surface area contributed by atoms with Crippen molar-refractivity contribution in [1.29, 1.82) is 0 Å². The summed E-state index contributed by atoms with van der Waals surface area (Å²) in [5.74, 6) is 0.484. The molecule has 26 heavy (non-hydrogen) atoms. The molecule has 134 valence electrons. The zero-order chi connectivity index (χ0) is 18.1. The van der Waals surface area contributed by atoms with Crippen molar-refractivity contribution in [2.75, 3.05) is 18.8 Å². The smallest absolute Gasteiger partial charge is 0.410 e. The van der Waals surface area contributed by atoms with E-state index in [9.17, 15) is 9.18 Å². The molecule has 1 aromatic carbocycles. The number of amidine groups is 1. The molecule has 1 fully saturated rings. The van der Waals surface area contributed by atoms with Crippen molar-refractivity contribution in [1.82, 2.24) is 15.6 Å². The van der Waals surface area contributed by atoms with Crippen LogP contribution < -0.4 is 10.6 Å². The van der Waals surface area contributed by atoms with Crippen LogP contribution in [0.15, 0.2) is 47.6 Å². The van der Waals surface area contributed by atoms with Gasteiger partial charge in [-0.25, -0.2) is 14.8 Å². The summed E-state index contributed by atoms with van der Waals surface area (Å²) >= 11 is 1.41. The molecule has 3 N–H and O–H groups in total. The highest BCUT2D eigenvalue weighted by atomic mass is 32.2. The van der Waals surface area contributed by atoms with E-state index in [4.69, 9.17) is 10.1 Å². The normalized spacial score (nSPS) is 24.7. The first kappa shape index (κ1) is 17.0. The first-order valence-corrected chi connectivity index (χ1v) is 9.22. The summed E-state index contributed by atoms with van der Waals surface area (Å²) in [5, 5.41) is 15.2. The molecule has 2 atom stereocenters. The summed E-state index contributed by atoms with van der Waals surface area (Å²) in [7, 11) is 0. The van der Waals surface area contributed by atoms with Crippen molar-refractivity contribution in [3.63, 3.8) is 0 Å². The van der Waals surface area contributed by atoms with E-state index < -0.39 is 17.6 Å². The van der Waals surface area contributed by atoms with Crippen LogP contribution >= 0.6 is 11.8 Å². The van der Waals surface area contributed by atoms with Gasteiger partial charge in [-0.1, -0.05) is 30.0 Å². The SMILES string of the molecule is O=C(O)NC1=N[C@@]2(c3cccc(-c4cccnc4F)c3)CNC[C@H]2CS1. The van der Waals surface area contributed by atoms with Gasteiger partial charge in [0, 0.05) is 36.5 Å². The molecule has 1 saturated heterocycles. The molecule has 3 heterocycles. The minimum absolute atomic E-state index is 0.237. The topological polar surface area (TPSA) is 86.6 Å². The fourth-order valence-electron chi connectivity index (χ4n) is 3.59. The number of benzene rings is 1. The molecule has 1 amide bonds. The van der Waals surface area contributed by atoms with Crippen LogP contribution in [0, 0.1) is 11.9 Å². The number of hydrogen-bond donors (Lipinski definition) is 3. The van der Waals surface area contributed by atoms with Gasteiger partial charge < -0.3 is 10.4 Å². The van der Waals surface area contributed by atoms with Crippen LogP contribution in [0.4, 0.5) is 9.18 Å². The number of nitrogens with zero attached hydrogens (tertiary/aromatic N) is 2. The molecule has 2 aromatic rings. The van der Waals surface area contributed by atoms with Gasteiger partial charge in [-0.15, -0.1) is 0 Å². The molecular weight excluding hydrogens is 355 g/mol. The highest BCUT2D eigenvalue weighted by molar-refractivity contribution is 8.13. The number of amides is 1. The van der Waals surface area contributed by atoms with Crippen LogP contribution in [-0.4, -0.2) is 40.2 Å². The number of halogens is 1. The number of fused-ring (bicyclic) bond motifs is 1. The maximum atomic E-state index is 14.1. The number of rotatable bonds is 2. The number of hydrogen-bond acceptors (Lipinski definition) is 5. The fourth-order valence-corrected chi connectivity index (χ4v) is 4.73. The van der Waals surface area contributed by atoms with Crippen LogP contribution in [0.5, 0.6) is 0 Å². The molecule has 4 rings (SSSR count). The van der Waals surface area contributed by atoms with E-state index in [1.165, 1.54) is 18.0 Å². The van der Waals surface area contributed by atoms with Crippen LogP contribution in [0.2, 0.25) is 0 Å². The number of nitrogens with one attached hydrogen (secondary N) is 2. The third kappa shape index (κ3) is 2.95. The first-order valence-electron chi connectivity index (χ1n) is 8.23. The van der Waals surface area contributed by atoms with Crippen molar-refractivity contribution < 1.29 is 14.3 Å². The maximum absolute atomic E-state index is 14.1. The highest BCUT2D eigenvalue weighted by Crippen LogP contribution is 2.43. The third-order valence-electron chi connectivity index (χ3n) is 4.83. The van der Waals surface area contributed by atoms with E-state index in [-0.39, 0.29) is 5.92 Å². The number of carbonyl (C=O) groups is 1. The molecule has 0 unspecified atom stereocenters. The summed E-state index contributed by atoms with van der Waals surface area (Å²) in [6.07, 6.45) is 0.298. The Morgan fingerprint density at radius 1 is 1.38 bits per heavy atom. The van der Waals surface area contributed by atoms with Gasteiger partial charge >= 0.3 is 6.09 Å². The van der Waals surface area contributed by atoms with Crippen LogP contribution in [0.1, 0.15) is 5.56 Å². The molecule has 0 radical (unpaired) electrons. The molecule has 2 aliphatic rings. The third-order valence-corrected chi connectivity index (χ3v) is 5.87. The molecule has 6 nitrogen and oxygen atoms in total. The van der Waals surface area contributed by atoms with E-state index >= 15 is 0 Å². The average molecular weight is 372 g/mol. The van der Waals surface area contributed by atoms with E-state index in [0.29, 0.717) is 17.3 Å². The predicted octanol–water partition coefficient (Wildman–Crippen LogP) is 2.67. The first-order chi connectivity index (χ1) is 12.6. The fraction of sp³-hybridized carbons (Fsp3) is 0.278. The van der Waals surface area contributed by atoms with Crippen molar-refractivity contribution in [3.05, 3.63) is 54.1 Å². The van der Waals surface area contributed by atoms with Gasteiger partial charge in [-0.3, -0.25) is 5.32 Å². The zero-order valence-corrected chi connectivity index (χ0v) is 14.6. The van der Waals surface area contributed by atoms with Crippen molar-refractivity contribution >= 4 is 23.0 Å². The van der Waals surface area contributed by atoms with Crippen molar-refractivity contribution in [2.24, 2.45) is 10.9 Å². The Kier molecular flexibility index (Phi) is 4.37. The summed E-state index contributed by atoms with van der Waals surface area (Å²) in [4.78, 5) is 19.5. The number of aliphatic imine (C=N–C) groups is 1. The number of thioether (sulfide) groups is 1. The lowest BCUT2D eigenvalue weighted by Gasteiger charge is -2.35. The van der Waals surface area contributed by atoms with Crippen LogP contribution in [0.25, 0.3) is 11.1 Å². The van der Waals surface area contributed by atoms with Crippen molar-refractivity contribution in [2.45, 2.75) is 5.54 Å². The second-order valence-corrected chi connectivity index (χ2v) is 7.34. The Morgan fingerprint density at radius 3 is 3.08 bits per heavy atom. The summed E-state index contributed by atoms with van der Waals surface area (Å²) in [5.41, 5.74) is 1.55. The minimum Gasteiger partial charge on any atom is -0.465 e. The number of carboxylic acid groups (broad SMARTS) is 1. The molecule has 2 aliphatic heterocycles. The molecule has 0 bridgehead atoms. The second-order valence-electron chi connectivity index (χ2n) is 6.33. The largest absolute Gasteiger partial charge is 0.465 e. The van der Waals surface area contributed by atoms with Crippen molar-refractivity contribution in [3.8, 4) is 11.1 Å². The Labute approximate surface area is 153 Å². The van der Waals surface area contributed by atoms with Gasteiger partial charge in [-0.05, 0) is 29.3 Å². The standard InChI is InChI=1S/C18H17FN4O2S/c19-15-14(5-2-6-21-15)11-3-1-4-12(7-11)18-10-20-8-13(18)9-26-16(23-18)22-17(24)25/h1-7,13,20H,8-10H2,(H,22,23)(H,24,25)/t13-,18+/m0/s1. The van der Waals surface area contributed by atoms with Gasteiger partial charge in [0.2, 0.25) is 5.95 Å². The van der Waals surface area contributed by atoms with Gasteiger partial charge in [0.15, 0.2) is 5.17 Å². The summed E-state index contributed by atoms with van der Waals surface area (Å²) in [6, 6.07) is 11.0. The lowest BCUT2D eigenvalue weighted by Crippen LogP contribution is -2.42. The van der Waals surface area contributed by atoms with Gasteiger partial charge in [0.25, 0.3) is 0 Å². The van der Waals surface area contributed by atoms with Gasteiger partial charge in [0.1, 0.15) is 5.54 Å². The monoisotopic (exact) mass is 372 g/mol. The van der Waals surface area contributed by atoms with E-state index in [2.05, 4.69) is 15.6 Å². The lowest BCUT2D eigenvalue weighted by molar-refractivity contribution is 0.200. The maximum Gasteiger partial charge on any atom is 0.410 e. The summed E-state index contributed by atoms with van der Waals surface area (Å²) < 4.78 is 14.1. The molecule has 0 aliphatic carbocycles. The van der Waals surface area contributed by atoms with Gasteiger partial charge in [-0.2, -0.15) is 4.39 Å². The van der Waals surface area contributed by atoms with E-state index in [1.54, 1.807) is 12.1 Å².